The smallest absolute Gasteiger partial charge is 0.229 e. The van der Waals surface area contributed by atoms with Crippen molar-refractivity contribution in [1.29, 1.82) is 0 Å². The van der Waals surface area contributed by atoms with E-state index in [0.29, 0.717) is 5.13 Å². The maximum absolute atomic E-state index is 12.2. The van der Waals surface area contributed by atoms with E-state index in [-0.39, 0.29) is 17.2 Å². The lowest BCUT2D eigenvalue weighted by Gasteiger charge is -2.17. The first kappa shape index (κ1) is 17.1. The van der Waals surface area contributed by atoms with Crippen LogP contribution in [0.25, 0.3) is 0 Å². The Hall–Kier alpha value is -0.970. The van der Waals surface area contributed by atoms with Crippen molar-refractivity contribution in [2.24, 2.45) is 5.92 Å². The van der Waals surface area contributed by atoms with Crippen LogP contribution in [0.1, 0.15) is 71.7 Å². The number of nitrogens with zero attached hydrogens (tertiary/aromatic N) is 2. The molecule has 1 aromatic rings. The number of unbranched alkanes of at least 4 members (excludes halogenated alkanes) is 1. The molecule has 0 radical (unpaired) electrons. The average molecular weight is 297 g/mol. The molecule has 0 bridgehead atoms. The van der Waals surface area contributed by atoms with Crippen LogP contribution in [0.3, 0.4) is 0 Å². The summed E-state index contributed by atoms with van der Waals surface area (Å²) in [4.78, 5) is 12.2. The van der Waals surface area contributed by atoms with Crippen molar-refractivity contribution in [2.45, 2.75) is 72.1 Å². The lowest BCUT2D eigenvalue weighted by atomic mass is 9.91. The second-order valence-corrected chi connectivity index (χ2v) is 6.86. The van der Waals surface area contributed by atoms with Crippen molar-refractivity contribution in [3.05, 3.63) is 5.01 Å². The third-order valence-corrected chi connectivity index (χ3v) is 5.09. The van der Waals surface area contributed by atoms with Gasteiger partial charge in [-0.15, -0.1) is 10.2 Å². The van der Waals surface area contributed by atoms with E-state index in [0.717, 1.165) is 37.1 Å². The molecular weight excluding hydrogens is 270 g/mol. The first-order valence-electron chi connectivity index (χ1n) is 7.59. The topological polar surface area (TPSA) is 54.9 Å². The number of hydrogen-bond donors (Lipinski definition) is 1. The number of carbonyl (C=O) groups excluding carboxylic acids is 1. The fourth-order valence-electron chi connectivity index (χ4n) is 1.88. The lowest BCUT2D eigenvalue weighted by Crippen LogP contribution is -2.22. The van der Waals surface area contributed by atoms with Crippen molar-refractivity contribution in [3.63, 3.8) is 0 Å². The summed E-state index contributed by atoms with van der Waals surface area (Å²) in [7, 11) is 0. The van der Waals surface area contributed by atoms with Crippen LogP contribution in [-0.2, 0) is 10.2 Å². The minimum absolute atomic E-state index is 0.0208. The Morgan fingerprint density at radius 2 is 2.00 bits per heavy atom. The largest absolute Gasteiger partial charge is 0.300 e. The molecule has 0 aliphatic heterocycles. The predicted molar refractivity (Wildman–Crippen MR) is 85.2 cm³/mol. The molecule has 1 rings (SSSR count). The Bertz CT molecular complexity index is 429. The normalized spacial score (nSPS) is 13.2. The molecule has 1 aromatic heterocycles. The fraction of sp³-hybridized carbons (Fsp3) is 0.800. The Kier molecular flexibility index (Phi) is 6.59. The highest BCUT2D eigenvalue weighted by molar-refractivity contribution is 7.15. The van der Waals surface area contributed by atoms with Crippen LogP contribution in [0.2, 0.25) is 0 Å². The molecule has 20 heavy (non-hydrogen) atoms. The number of nitrogens with one attached hydrogen (secondary N) is 1. The molecule has 5 heteroatoms. The molecule has 1 unspecified atom stereocenters. The minimum Gasteiger partial charge on any atom is -0.300 e. The number of rotatable bonds is 8. The molecule has 1 heterocycles. The van der Waals surface area contributed by atoms with Crippen LogP contribution in [0.5, 0.6) is 0 Å². The summed E-state index contributed by atoms with van der Waals surface area (Å²) in [5, 5.41) is 12.9. The number of anilines is 1. The van der Waals surface area contributed by atoms with Crippen LogP contribution in [0.15, 0.2) is 0 Å². The molecule has 0 saturated carbocycles. The van der Waals surface area contributed by atoms with Gasteiger partial charge >= 0.3 is 0 Å². The first-order valence-corrected chi connectivity index (χ1v) is 8.41. The summed E-state index contributed by atoms with van der Waals surface area (Å²) in [6.45, 7) is 10.6. The van der Waals surface area contributed by atoms with Gasteiger partial charge in [0.05, 0.1) is 0 Å². The van der Waals surface area contributed by atoms with Gasteiger partial charge in [0, 0.05) is 11.3 Å². The lowest BCUT2D eigenvalue weighted by molar-refractivity contribution is -0.120. The molecule has 4 nitrogen and oxygen atoms in total. The molecule has 1 atom stereocenters. The summed E-state index contributed by atoms with van der Waals surface area (Å²) < 4.78 is 0. The Labute approximate surface area is 126 Å². The van der Waals surface area contributed by atoms with E-state index < -0.39 is 0 Å². The second-order valence-electron chi connectivity index (χ2n) is 5.89. The molecule has 0 saturated heterocycles. The van der Waals surface area contributed by atoms with Gasteiger partial charge in [0.1, 0.15) is 5.01 Å². The van der Waals surface area contributed by atoms with Crippen molar-refractivity contribution in [1.82, 2.24) is 10.2 Å². The highest BCUT2D eigenvalue weighted by Gasteiger charge is 2.24. The summed E-state index contributed by atoms with van der Waals surface area (Å²) in [6, 6.07) is 0. The van der Waals surface area contributed by atoms with Gasteiger partial charge < -0.3 is 5.32 Å². The Morgan fingerprint density at radius 1 is 1.30 bits per heavy atom. The van der Waals surface area contributed by atoms with E-state index in [2.05, 4.69) is 50.1 Å². The van der Waals surface area contributed by atoms with Gasteiger partial charge in [-0.25, -0.2) is 0 Å². The molecule has 1 N–H and O–H groups in total. The second kappa shape index (κ2) is 7.72. The molecule has 0 aromatic carbocycles. The number of hydrogen-bond acceptors (Lipinski definition) is 4. The zero-order valence-corrected chi connectivity index (χ0v) is 14.1. The van der Waals surface area contributed by atoms with E-state index in [4.69, 9.17) is 0 Å². The predicted octanol–water partition coefficient (Wildman–Crippen LogP) is 4.38. The fourth-order valence-corrected chi connectivity index (χ4v) is 2.80. The van der Waals surface area contributed by atoms with Gasteiger partial charge in [-0.2, -0.15) is 0 Å². The molecular formula is C15H27N3OS. The molecule has 0 aliphatic rings. The Balaban J connectivity index is 2.66. The highest BCUT2D eigenvalue weighted by atomic mass is 32.1. The standard InChI is InChI=1S/C15H27N3OS/c1-6-9-10-11(7-2)12(19)16-14-18-17-13(20-14)15(4,5)8-3/h11H,6-10H2,1-5H3,(H,16,18,19). The summed E-state index contributed by atoms with van der Waals surface area (Å²) >= 11 is 1.49. The third kappa shape index (κ3) is 4.54. The quantitative estimate of drug-likeness (QED) is 0.774. The van der Waals surface area contributed by atoms with Gasteiger partial charge in [0.2, 0.25) is 11.0 Å². The average Bonchev–Trinajstić information content (AvgIpc) is 2.89. The van der Waals surface area contributed by atoms with Crippen molar-refractivity contribution in [2.75, 3.05) is 5.32 Å². The number of amides is 1. The van der Waals surface area contributed by atoms with Crippen molar-refractivity contribution >= 4 is 22.4 Å². The van der Waals surface area contributed by atoms with Crippen LogP contribution in [0.4, 0.5) is 5.13 Å². The summed E-state index contributed by atoms with van der Waals surface area (Å²) in [5.74, 6) is 0.166. The van der Waals surface area contributed by atoms with Crippen molar-refractivity contribution < 1.29 is 4.79 Å². The highest BCUT2D eigenvalue weighted by Crippen LogP contribution is 2.31. The zero-order valence-electron chi connectivity index (χ0n) is 13.3. The number of carbonyl (C=O) groups is 1. The molecule has 0 aliphatic carbocycles. The molecule has 114 valence electrons. The van der Waals surface area contributed by atoms with Gasteiger partial charge in [-0.1, -0.05) is 58.8 Å². The minimum atomic E-state index is 0.0208. The van der Waals surface area contributed by atoms with E-state index in [1.54, 1.807) is 0 Å². The Morgan fingerprint density at radius 3 is 2.55 bits per heavy atom. The molecule has 0 fully saturated rings. The van der Waals surface area contributed by atoms with Crippen LogP contribution >= 0.6 is 11.3 Å². The van der Waals surface area contributed by atoms with Gasteiger partial charge in [-0.3, -0.25) is 4.79 Å². The summed E-state index contributed by atoms with van der Waals surface area (Å²) in [6.07, 6.45) is 5.04. The zero-order chi connectivity index (χ0) is 15.2. The molecule has 1 amide bonds. The SMILES string of the molecule is CCCCC(CC)C(=O)Nc1nnc(C(C)(C)CC)s1. The van der Waals surface area contributed by atoms with Gasteiger partial charge in [0.25, 0.3) is 0 Å². The van der Waals surface area contributed by atoms with E-state index in [9.17, 15) is 4.79 Å². The van der Waals surface area contributed by atoms with Crippen molar-refractivity contribution in [3.8, 4) is 0 Å². The van der Waals surface area contributed by atoms with Gasteiger partial charge in [-0.05, 0) is 19.3 Å². The number of aromatic nitrogens is 2. The monoisotopic (exact) mass is 297 g/mol. The third-order valence-electron chi connectivity index (χ3n) is 3.89. The summed E-state index contributed by atoms with van der Waals surface area (Å²) in [5.41, 5.74) is 0.0208. The van der Waals surface area contributed by atoms with E-state index >= 15 is 0 Å². The maximum Gasteiger partial charge on any atom is 0.229 e. The van der Waals surface area contributed by atoms with E-state index in [1.807, 2.05) is 0 Å². The van der Waals surface area contributed by atoms with Gasteiger partial charge in [0.15, 0.2) is 0 Å². The first-order chi connectivity index (χ1) is 9.44. The molecule has 0 spiro atoms. The van der Waals surface area contributed by atoms with Crippen LogP contribution < -0.4 is 5.32 Å². The van der Waals surface area contributed by atoms with Crippen LogP contribution in [-0.4, -0.2) is 16.1 Å². The maximum atomic E-state index is 12.2. The van der Waals surface area contributed by atoms with E-state index in [1.165, 1.54) is 11.3 Å². The van der Waals surface area contributed by atoms with Crippen LogP contribution in [0, 0.1) is 5.92 Å².